The van der Waals surface area contributed by atoms with Crippen LogP contribution in [0.5, 0.6) is 0 Å². The van der Waals surface area contributed by atoms with Crippen LogP contribution in [0.4, 0.5) is 11.4 Å². The van der Waals surface area contributed by atoms with Crippen molar-refractivity contribution in [3.63, 3.8) is 0 Å². The Hall–Kier alpha value is -2.87. The molecule has 7 nitrogen and oxygen atoms in total. The number of rotatable bonds is 4. The SMILES string of the molecule is C/C(=N/NC(=S)Nc1ccccc1[N+](=O)[O-])c1ccncc1. The minimum absolute atomic E-state index is 0.0542. The molecule has 0 aliphatic rings. The van der Waals surface area contributed by atoms with E-state index in [0.29, 0.717) is 11.4 Å². The fourth-order valence-corrected chi connectivity index (χ4v) is 1.84. The van der Waals surface area contributed by atoms with Gasteiger partial charge >= 0.3 is 0 Å². The first-order valence-electron chi connectivity index (χ1n) is 6.33. The molecule has 0 unspecified atom stereocenters. The van der Waals surface area contributed by atoms with Gasteiger partial charge in [-0.1, -0.05) is 12.1 Å². The maximum atomic E-state index is 10.9. The normalized spacial score (nSPS) is 10.9. The summed E-state index contributed by atoms with van der Waals surface area (Å²) < 4.78 is 0. The third-order valence-electron chi connectivity index (χ3n) is 2.77. The summed E-state index contributed by atoms with van der Waals surface area (Å²) in [7, 11) is 0. The number of anilines is 1. The number of nitrogens with zero attached hydrogens (tertiary/aromatic N) is 3. The van der Waals surface area contributed by atoms with Crippen LogP contribution in [0.1, 0.15) is 12.5 Å². The summed E-state index contributed by atoms with van der Waals surface area (Å²) in [6.07, 6.45) is 3.33. The van der Waals surface area contributed by atoms with Crippen molar-refractivity contribution >= 4 is 34.4 Å². The highest BCUT2D eigenvalue weighted by Crippen LogP contribution is 2.22. The van der Waals surface area contributed by atoms with Crippen LogP contribution in [-0.2, 0) is 0 Å². The van der Waals surface area contributed by atoms with Gasteiger partial charge in [-0.05, 0) is 37.3 Å². The molecule has 112 valence electrons. The fraction of sp³-hybridized carbons (Fsp3) is 0.0714. The Morgan fingerprint density at radius 3 is 2.64 bits per heavy atom. The van der Waals surface area contributed by atoms with E-state index in [2.05, 4.69) is 20.8 Å². The van der Waals surface area contributed by atoms with E-state index >= 15 is 0 Å². The lowest BCUT2D eigenvalue weighted by molar-refractivity contribution is -0.383. The second kappa shape index (κ2) is 7.23. The number of aromatic nitrogens is 1. The van der Waals surface area contributed by atoms with Gasteiger partial charge in [0.1, 0.15) is 5.69 Å². The van der Waals surface area contributed by atoms with Gasteiger partial charge in [-0.3, -0.25) is 20.5 Å². The van der Waals surface area contributed by atoms with Crippen molar-refractivity contribution in [2.24, 2.45) is 5.10 Å². The molecule has 1 aromatic heterocycles. The van der Waals surface area contributed by atoms with Crippen LogP contribution in [0.2, 0.25) is 0 Å². The Balaban J connectivity index is 2.04. The molecule has 2 rings (SSSR count). The number of thiocarbonyl (C=S) groups is 1. The molecular formula is C14H13N5O2S. The molecule has 1 heterocycles. The van der Waals surface area contributed by atoms with Crippen molar-refractivity contribution in [2.45, 2.75) is 6.92 Å². The molecular weight excluding hydrogens is 302 g/mol. The molecule has 0 saturated heterocycles. The quantitative estimate of drug-likeness (QED) is 0.390. The first kappa shape index (κ1) is 15.5. The summed E-state index contributed by atoms with van der Waals surface area (Å²) in [4.78, 5) is 14.4. The van der Waals surface area contributed by atoms with Gasteiger partial charge in [0.2, 0.25) is 0 Å². The van der Waals surface area contributed by atoms with Crippen LogP contribution < -0.4 is 10.7 Å². The number of hydrazone groups is 1. The largest absolute Gasteiger partial charge is 0.326 e. The van der Waals surface area contributed by atoms with E-state index in [1.54, 1.807) is 30.6 Å². The molecule has 2 aromatic rings. The average Bonchev–Trinajstić information content (AvgIpc) is 2.53. The van der Waals surface area contributed by atoms with E-state index in [0.717, 1.165) is 5.56 Å². The minimum atomic E-state index is -0.476. The number of benzene rings is 1. The summed E-state index contributed by atoms with van der Waals surface area (Å²) in [5.41, 5.74) is 4.53. The Kier molecular flexibility index (Phi) is 5.10. The molecule has 0 saturated carbocycles. The standard InChI is InChI=1S/C14H13N5O2S/c1-10(11-6-8-15-9-7-11)17-18-14(22)16-12-4-2-3-5-13(12)19(20)21/h2-9H,1H3,(H2,16,18,22)/b17-10-. The van der Waals surface area contributed by atoms with E-state index in [4.69, 9.17) is 12.2 Å². The Labute approximate surface area is 132 Å². The first-order chi connectivity index (χ1) is 10.6. The highest BCUT2D eigenvalue weighted by molar-refractivity contribution is 7.80. The van der Waals surface area contributed by atoms with Crippen LogP contribution in [0, 0.1) is 10.1 Å². The molecule has 0 radical (unpaired) electrons. The number of para-hydroxylation sites is 2. The second-order valence-corrected chi connectivity index (χ2v) is 4.68. The fourth-order valence-electron chi connectivity index (χ4n) is 1.68. The summed E-state index contributed by atoms with van der Waals surface area (Å²) in [5, 5.41) is 18.0. The molecule has 0 fully saturated rings. The molecule has 1 aromatic carbocycles. The number of pyridine rings is 1. The van der Waals surface area contributed by atoms with Crippen molar-refractivity contribution in [2.75, 3.05) is 5.32 Å². The van der Waals surface area contributed by atoms with Crippen molar-refractivity contribution in [1.29, 1.82) is 0 Å². The Morgan fingerprint density at radius 1 is 1.27 bits per heavy atom. The van der Waals surface area contributed by atoms with Gasteiger partial charge in [-0.25, -0.2) is 0 Å². The highest BCUT2D eigenvalue weighted by Gasteiger charge is 2.12. The summed E-state index contributed by atoms with van der Waals surface area (Å²) in [5.74, 6) is 0. The first-order valence-corrected chi connectivity index (χ1v) is 6.74. The molecule has 0 spiro atoms. The van der Waals surface area contributed by atoms with Gasteiger partial charge in [0, 0.05) is 24.0 Å². The molecule has 2 N–H and O–H groups in total. The van der Waals surface area contributed by atoms with Crippen LogP contribution in [0.25, 0.3) is 0 Å². The Bertz CT molecular complexity index is 718. The zero-order valence-corrected chi connectivity index (χ0v) is 12.5. The van der Waals surface area contributed by atoms with E-state index in [1.165, 1.54) is 6.07 Å². The van der Waals surface area contributed by atoms with Gasteiger partial charge in [-0.15, -0.1) is 0 Å². The maximum absolute atomic E-state index is 10.9. The summed E-state index contributed by atoms with van der Waals surface area (Å²) >= 11 is 5.09. The van der Waals surface area contributed by atoms with Crippen LogP contribution in [-0.4, -0.2) is 20.7 Å². The summed E-state index contributed by atoms with van der Waals surface area (Å²) in [6, 6.07) is 9.88. The van der Waals surface area contributed by atoms with Gasteiger partial charge in [0.15, 0.2) is 5.11 Å². The van der Waals surface area contributed by atoms with Gasteiger partial charge in [0.25, 0.3) is 5.69 Å². The lowest BCUT2D eigenvalue weighted by Crippen LogP contribution is -2.25. The minimum Gasteiger partial charge on any atom is -0.326 e. The molecule has 0 atom stereocenters. The Morgan fingerprint density at radius 2 is 1.95 bits per heavy atom. The third kappa shape index (κ3) is 4.06. The predicted octanol–water partition coefficient (Wildman–Crippen LogP) is 2.70. The predicted molar refractivity (Wildman–Crippen MR) is 88.9 cm³/mol. The molecule has 0 amide bonds. The third-order valence-corrected chi connectivity index (χ3v) is 2.97. The highest BCUT2D eigenvalue weighted by atomic mass is 32.1. The molecule has 22 heavy (non-hydrogen) atoms. The second-order valence-electron chi connectivity index (χ2n) is 4.27. The van der Waals surface area contributed by atoms with Crippen molar-refractivity contribution < 1.29 is 4.92 Å². The number of hydrogen-bond acceptors (Lipinski definition) is 5. The lowest BCUT2D eigenvalue weighted by atomic mass is 10.2. The zero-order valence-electron chi connectivity index (χ0n) is 11.7. The van der Waals surface area contributed by atoms with Gasteiger partial charge < -0.3 is 5.32 Å². The van der Waals surface area contributed by atoms with E-state index in [9.17, 15) is 10.1 Å². The molecule has 0 aliphatic heterocycles. The molecule has 0 bridgehead atoms. The smallest absolute Gasteiger partial charge is 0.292 e. The van der Waals surface area contributed by atoms with Crippen LogP contribution in [0.3, 0.4) is 0 Å². The van der Waals surface area contributed by atoms with Gasteiger partial charge in [0.05, 0.1) is 10.6 Å². The molecule has 8 heteroatoms. The van der Waals surface area contributed by atoms with Crippen molar-refractivity contribution in [3.8, 4) is 0 Å². The van der Waals surface area contributed by atoms with Crippen molar-refractivity contribution in [3.05, 3.63) is 64.5 Å². The summed E-state index contributed by atoms with van der Waals surface area (Å²) in [6.45, 7) is 1.82. The number of nitro benzene ring substituents is 1. The average molecular weight is 315 g/mol. The van der Waals surface area contributed by atoms with E-state index in [-0.39, 0.29) is 10.8 Å². The maximum Gasteiger partial charge on any atom is 0.292 e. The lowest BCUT2D eigenvalue weighted by Gasteiger charge is -2.08. The molecule has 0 aliphatic carbocycles. The topological polar surface area (TPSA) is 92.5 Å². The van der Waals surface area contributed by atoms with E-state index < -0.39 is 4.92 Å². The number of nitro groups is 1. The number of hydrogen-bond donors (Lipinski definition) is 2. The number of nitrogens with one attached hydrogen (secondary N) is 2. The zero-order chi connectivity index (χ0) is 15.9. The van der Waals surface area contributed by atoms with Crippen LogP contribution in [0.15, 0.2) is 53.9 Å². The van der Waals surface area contributed by atoms with Gasteiger partial charge in [-0.2, -0.15) is 5.10 Å². The van der Waals surface area contributed by atoms with E-state index in [1.807, 2.05) is 19.1 Å². The van der Waals surface area contributed by atoms with Crippen molar-refractivity contribution in [1.82, 2.24) is 10.4 Å². The monoisotopic (exact) mass is 315 g/mol. The van der Waals surface area contributed by atoms with Crippen LogP contribution >= 0.6 is 12.2 Å².